The van der Waals surface area contributed by atoms with Gasteiger partial charge in [-0.2, -0.15) is 11.8 Å². The Morgan fingerprint density at radius 2 is 2.25 bits per heavy atom. The predicted octanol–water partition coefficient (Wildman–Crippen LogP) is 3.01. The average Bonchev–Trinajstić information content (AvgIpc) is 2.26. The molecule has 0 aliphatic heterocycles. The molecule has 1 aromatic rings. The molecule has 0 spiro atoms. The Labute approximate surface area is 99.8 Å². The van der Waals surface area contributed by atoms with Gasteiger partial charge in [0.15, 0.2) is 0 Å². The number of aliphatic hydroxyl groups is 1. The molecule has 1 aromatic carbocycles. The van der Waals surface area contributed by atoms with Crippen LogP contribution in [0.25, 0.3) is 0 Å². The molecular formula is C12H17FO2S. The molecule has 0 aromatic heterocycles. The summed E-state index contributed by atoms with van der Waals surface area (Å²) in [6.45, 7) is 4.26. The molecule has 0 aliphatic rings. The van der Waals surface area contributed by atoms with E-state index in [0.717, 1.165) is 11.5 Å². The molecule has 1 rings (SSSR count). The monoisotopic (exact) mass is 244 g/mol. The lowest BCUT2D eigenvalue weighted by molar-refractivity contribution is 0.191. The highest BCUT2D eigenvalue weighted by Gasteiger charge is 2.10. The molecule has 4 heteroatoms. The van der Waals surface area contributed by atoms with Crippen molar-refractivity contribution in [1.29, 1.82) is 0 Å². The standard InChI is InChI=1S/C12H17FO2S/c1-3-16-7-6-15-12-5-4-10(13)8-11(12)9(2)14/h4-5,8-9,14H,3,6-7H2,1-2H3/t9-/m1/s1. The lowest BCUT2D eigenvalue weighted by atomic mass is 10.1. The van der Waals surface area contributed by atoms with Crippen molar-refractivity contribution in [2.45, 2.75) is 20.0 Å². The summed E-state index contributed by atoms with van der Waals surface area (Å²) in [5, 5.41) is 9.48. The van der Waals surface area contributed by atoms with Crippen LogP contribution in [0, 0.1) is 5.82 Å². The maximum absolute atomic E-state index is 13.0. The first-order valence-electron chi connectivity index (χ1n) is 5.33. The van der Waals surface area contributed by atoms with Crippen LogP contribution >= 0.6 is 11.8 Å². The molecule has 0 saturated carbocycles. The number of thioether (sulfide) groups is 1. The molecule has 0 fully saturated rings. The van der Waals surface area contributed by atoms with Gasteiger partial charge in [-0.05, 0) is 30.9 Å². The van der Waals surface area contributed by atoms with Crippen LogP contribution < -0.4 is 4.74 Å². The van der Waals surface area contributed by atoms with Gasteiger partial charge in [-0.1, -0.05) is 6.92 Å². The smallest absolute Gasteiger partial charge is 0.125 e. The van der Waals surface area contributed by atoms with Gasteiger partial charge in [-0.25, -0.2) is 4.39 Å². The fourth-order valence-corrected chi connectivity index (χ4v) is 1.82. The summed E-state index contributed by atoms with van der Waals surface area (Å²) in [4.78, 5) is 0. The molecule has 0 amide bonds. The van der Waals surface area contributed by atoms with Crippen molar-refractivity contribution >= 4 is 11.8 Å². The van der Waals surface area contributed by atoms with Crippen molar-refractivity contribution < 1.29 is 14.2 Å². The fraction of sp³-hybridized carbons (Fsp3) is 0.500. The molecule has 0 heterocycles. The highest BCUT2D eigenvalue weighted by Crippen LogP contribution is 2.26. The van der Waals surface area contributed by atoms with E-state index in [2.05, 4.69) is 6.92 Å². The minimum atomic E-state index is -0.718. The first-order chi connectivity index (χ1) is 7.65. The van der Waals surface area contributed by atoms with Crippen molar-refractivity contribution in [2.24, 2.45) is 0 Å². The second-order valence-corrected chi connectivity index (χ2v) is 4.80. The molecule has 2 nitrogen and oxygen atoms in total. The van der Waals surface area contributed by atoms with Gasteiger partial charge >= 0.3 is 0 Å². The van der Waals surface area contributed by atoms with Crippen LogP contribution in [-0.2, 0) is 0 Å². The van der Waals surface area contributed by atoms with E-state index in [1.165, 1.54) is 12.1 Å². The summed E-state index contributed by atoms with van der Waals surface area (Å²) in [5.74, 6) is 2.16. The minimum absolute atomic E-state index is 0.355. The van der Waals surface area contributed by atoms with Crippen LogP contribution in [0.4, 0.5) is 4.39 Å². The minimum Gasteiger partial charge on any atom is -0.492 e. The molecular weight excluding hydrogens is 227 g/mol. The highest BCUT2D eigenvalue weighted by molar-refractivity contribution is 7.99. The van der Waals surface area contributed by atoms with E-state index in [-0.39, 0.29) is 5.82 Å². The zero-order valence-electron chi connectivity index (χ0n) is 9.57. The lowest BCUT2D eigenvalue weighted by Crippen LogP contribution is -2.04. The molecule has 1 atom stereocenters. The molecule has 0 saturated heterocycles. The highest BCUT2D eigenvalue weighted by atomic mass is 32.2. The van der Waals surface area contributed by atoms with Gasteiger partial charge in [-0.3, -0.25) is 0 Å². The quantitative estimate of drug-likeness (QED) is 0.780. The number of hydrogen-bond donors (Lipinski definition) is 1. The average molecular weight is 244 g/mol. The Morgan fingerprint density at radius 3 is 2.88 bits per heavy atom. The zero-order chi connectivity index (χ0) is 12.0. The summed E-state index contributed by atoms with van der Waals surface area (Å²) in [6.07, 6.45) is -0.718. The number of ether oxygens (including phenoxy) is 1. The van der Waals surface area contributed by atoms with Crippen molar-refractivity contribution in [3.05, 3.63) is 29.6 Å². The van der Waals surface area contributed by atoms with E-state index in [4.69, 9.17) is 4.74 Å². The Hall–Kier alpha value is -0.740. The van der Waals surface area contributed by atoms with Crippen LogP contribution in [0.2, 0.25) is 0 Å². The van der Waals surface area contributed by atoms with E-state index in [1.54, 1.807) is 24.8 Å². The normalized spacial score (nSPS) is 12.5. The van der Waals surface area contributed by atoms with Crippen molar-refractivity contribution in [1.82, 2.24) is 0 Å². The van der Waals surface area contributed by atoms with Gasteiger partial charge in [-0.15, -0.1) is 0 Å². The zero-order valence-corrected chi connectivity index (χ0v) is 10.4. The Balaban J connectivity index is 2.64. The van der Waals surface area contributed by atoms with Gasteiger partial charge in [0.05, 0.1) is 12.7 Å². The van der Waals surface area contributed by atoms with Crippen LogP contribution in [-0.4, -0.2) is 23.2 Å². The second kappa shape index (κ2) is 6.76. The maximum Gasteiger partial charge on any atom is 0.125 e. The maximum atomic E-state index is 13.0. The Bertz CT molecular complexity index is 329. The van der Waals surface area contributed by atoms with Crippen LogP contribution in [0.15, 0.2) is 18.2 Å². The molecule has 0 bridgehead atoms. The lowest BCUT2D eigenvalue weighted by Gasteiger charge is -2.13. The predicted molar refractivity (Wildman–Crippen MR) is 65.5 cm³/mol. The Kier molecular flexibility index (Phi) is 5.63. The van der Waals surface area contributed by atoms with E-state index in [9.17, 15) is 9.50 Å². The van der Waals surface area contributed by atoms with Crippen LogP contribution in [0.3, 0.4) is 0 Å². The summed E-state index contributed by atoms with van der Waals surface area (Å²) in [5.41, 5.74) is 0.501. The van der Waals surface area contributed by atoms with Gasteiger partial charge in [0.25, 0.3) is 0 Å². The van der Waals surface area contributed by atoms with E-state index >= 15 is 0 Å². The van der Waals surface area contributed by atoms with E-state index in [0.29, 0.717) is 17.9 Å². The van der Waals surface area contributed by atoms with Crippen LogP contribution in [0.1, 0.15) is 25.5 Å². The van der Waals surface area contributed by atoms with E-state index in [1.807, 2.05) is 0 Å². The molecule has 90 valence electrons. The number of benzene rings is 1. The number of aliphatic hydroxyl groups excluding tert-OH is 1. The van der Waals surface area contributed by atoms with Crippen molar-refractivity contribution in [3.63, 3.8) is 0 Å². The Morgan fingerprint density at radius 1 is 1.50 bits per heavy atom. The third-order valence-corrected chi connectivity index (χ3v) is 2.97. The second-order valence-electron chi connectivity index (χ2n) is 3.40. The summed E-state index contributed by atoms with van der Waals surface area (Å²) in [7, 11) is 0. The van der Waals surface area contributed by atoms with Crippen molar-refractivity contribution in [2.75, 3.05) is 18.1 Å². The van der Waals surface area contributed by atoms with Gasteiger partial charge < -0.3 is 9.84 Å². The SMILES string of the molecule is CCSCCOc1ccc(F)cc1[C@@H](C)O. The van der Waals surface area contributed by atoms with Gasteiger partial charge in [0, 0.05) is 11.3 Å². The summed E-state index contributed by atoms with van der Waals surface area (Å²) in [6, 6.07) is 4.22. The van der Waals surface area contributed by atoms with Crippen LogP contribution in [0.5, 0.6) is 5.75 Å². The van der Waals surface area contributed by atoms with Crippen molar-refractivity contribution in [3.8, 4) is 5.75 Å². The largest absolute Gasteiger partial charge is 0.492 e. The number of hydrogen-bond acceptors (Lipinski definition) is 3. The fourth-order valence-electron chi connectivity index (χ4n) is 1.33. The topological polar surface area (TPSA) is 29.5 Å². The molecule has 0 aliphatic carbocycles. The molecule has 0 unspecified atom stereocenters. The molecule has 16 heavy (non-hydrogen) atoms. The summed E-state index contributed by atoms with van der Waals surface area (Å²) >= 11 is 1.78. The number of rotatable bonds is 6. The van der Waals surface area contributed by atoms with E-state index < -0.39 is 6.10 Å². The summed E-state index contributed by atoms with van der Waals surface area (Å²) < 4.78 is 18.5. The van der Waals surface area contributed by atoms with Gasteiger partial charge in [0.2, 0.25) is 0 Å². The van der Waals surface area contributed by atoms with Gasteiger partial charge in [0.1, 0.15) is 11.6 Å². The molecule has 0 radical (unpaired) electrons. The first-order valence-corrected chi connectivity index (χ1v) is 6.48. The molecule has 1 N–H and O–H groups in total. The first kappa shape index (κ1) is 13.3. The third-order valence-electron chi connectivity index (χ3n) is 2.11. The third kappa shape index (κ3) is 4.02. The number of halogens is 1.